The summed E-state index contributed by atoms with van der Waals surface area (Å²) in [7, 11) is 0. The van der Waals surface area contributed by atoms with Crippen LogP contribution in [-0.2, 0) is 9.53 Å². The van der Waals surface area contributed by atoms with Gasteiger partial charge in [-0.2, -0.15) is 0 Å². The SMILES string of the molecule is Cc1ccc(NC(=O)C[NH+]2C[C@@H](C)O[C@H](C)C2)cc1. The lowest BCUT2D eigenvalue weighted by atomic mass is 10.2. The number of carbonyl (C=O) groups is 1. The van der Waals surface area contributed by atoms with Gasteiger partial charge in [-0.05, 0) is 32.9 Å². The van der Waals surface area contributed by atoms with Gasteiger partial charge in [-0.3, -0.25) is 4.79 Å². The molecule has 4 heteroatoms. The predicted molar refractivity (Wildman–Crippen MR) is 75.4 cm³/mol. The summed E-state index contributed by atoms with van der Waals surface area (Å²) in [6.07, 6.45) is 0.455. The molecule has 19 heavy (non-hydrogen) atoms. The summed E-state index contributed by atoms with van der Waals surface area (Å²) in [4.78, 5) is 13.3. The van der Waals surface area contributed by atoms with Crippen LogP contribution in [0.1, 0.15) is 19.4 Å². The molecule has 0 unspecified atom stereocenters. The van der Waals surface area contributed by atoms with Gasteiger partial charge in [0.05, 0.1) is 0 Å². The number of anilines is 1. The molecule has 2 rings (SSSR count). The molecular formula is C15H23N2O2+. The highest BCUT2D eigenvalue weighted by Gasteiger charge is 2.27. The van der Waals surface area contributed by atoms with Crippen molar-refractivity contribution in [2.75, 3.05) is 25.0 Å². The van der Waals surface area contributed by atoms with Crippen LogP contribution in [-0.4, -0.2) is 37.7 Å². The number of aryl methyl sites for hydroxylation is 1. The number of hydrogen-bond donors (Lipinski definition) is 2. The van der Waals surface area contributed by atoms with E-state index in [1.165, 1.54) is 10.5 Å². The standard InChI is InChI=1S/C15H22N2O2/c1-11-4-6-14(7-5-11)16-15(18)10-17-8-12(2)19-13(3)9-17/h4-7,12-13H,8-10H2,1-3H3,(H,16,18)/p+1/t12-,13-/m1/s1. The average Bonchev–Trinajstić information content (AvgIpc) is 2.30. The Labute approximate surface area is 114 Å². The van der Waals surface area contributed by atoms with Crippen LogP contribution < -0.4 is 10.2 Å². The quantitative estimate of drug-likeness (QED) is 0.840. The van der Waals surface area contributed by atoms with Gasteiger partial charge in [0.1, 0.15) is 25.3 Å². The summed E-state index contributed by atoms with van der Waals surface area (Å²) in [6, 6.07) is 7.88. The molecule has 2 atom stereocenters. The molecular weight excluding hydrogens is 240 g/mol. The van der Waals surface area contributed by atoms with Crippen molar-refractivity contribution in [1.82, 2.24) is 0 Å². The lowest BCUT2D eigenvalue weighted by Gasteiger charge is -2.31. The Morgan fingerprint density at radius 2 is 1.84 bits per heavy atom. The van der Waals surface area contributed by atoms with Gasteiger partial charge in [-0.25, -0.2) is 0 Å². The second kappa shape index (κ2) is 6.17. The van der Waals surface area contributed by atoms with Gasteiger partial charge in [-0.1, -0.05) is 17.7 Å². The van der Waals surface area contributed by atoms with E-state index < -0.39 is 0 Å². The molecule has 1 aromatic carbocycles. The summed E-state index contributed by atoms with van der Waals surface area (Å²) >= 11 is 0. The molecule has 1 saturated heterocycles. The average molecular weight is 263 g/mol. The van der Waals surface area contributed by atoms with Crippen molar-refractivity contribution < 1.29 is 14.4 Å². The van der Waals surface area contributed by atoms with Crippen LogP contribution >= 0.6 is 0 Å². The number of rotatable bonds is 3. The number of quaternary nitrogens is 1. The van der Waals surface area contributed by atoms with Crippen LogP contribution in [0.2, 0.25) is 0 Å². The van der Waals surface area contributed by atoms with Crippen LogP contribution in [0, 0.1) is 6.92 Å². The molecule has 0 aliphatic carbocycles. The van der Waals surface area contributed by atoms with E-state index in [0.29, 0.717) is 6.54 Å². The summed E-state index contributed by atoms with van der Waals surface area (Å²) < 4.78 is 5.68. The van der Waals surface area contributed by atoms with E-state index >= 15 is 0 Å². The molecule has 2 N–H and O–H groups in total. The van der Waals surface area contributed by atoms with Gasteiger partial charge < -0.3 is 15.0 Å². The van der Waals surface area contributed by atoms with Crippen LogP contribution in [0.4, 0.5) is 5.69 Å². The Balaban J connectivity index is 1.85. The summed E-state index contributed by atoms with van der Waals surface area (Å²) in [6.45, 7) is 8.45. The number of benzene rings is 1. The number of hydrogen-bond acceptors (Lipinski definition) is 2. The van der Waals surface area contributed by atoms with Crippen molar-refractivity contribution >= 4 is 11.6 Å². The van der Waals surface area contributed by atoms with Crippen molar-refractivity contribution in [3.05, 3.63) is 29.8 Å². The molecule has 0 bridgehead atoms. The van der Waals surface area contributed by atoms with Gasteiger partial charge in [-0.15, -0.1) is 0 Å². The Morgan fingerprint density at radius 3 is 2.42 bits per heavy atom. The van der Waals surface area contributed by atoms with Crippen LogP contribution in [0.15, 0.2) is 24.3 Å². The zero-order valence-electron chi connectivity index (χ0n) is 11.9. The number of ether oxygens (including phenoxy) is 1. The second-order valence-corrected chi connectivity index (χ2v) is 5.51. The maximum Gasteiger partial charge on any atom is 0.279 e. The fourth-order valence-electron chi connectivity index (χ4n) is 2.60. The first kappa shape index (κ1) is 14.0. The van der Waals surface area contributed by atoms with Gasteiger partial charge in [0, 0.05) is 5.69 Å². The lowest BCUT2D eigenvalue weighted by molar-refractivity contribution is -0.907. The molecule has 0 radical (unpaired) electrons. The first-order valence-corrected chi connectivity index (χ1v) is 6.88. The van der Waals surface area contributed by atoms with Crippen molar-refractivity contribution in [3.63, 3.8) is 0 Å². The van der Waals surface area contributed by atoms with E-state index in [1.807, 2.05) is 31.2 Å². The number of amides is 1. The Hall–Kier alpha value is -1.39. The van der Waals surface area contributed by atoms with Crippen molar-refractivity contribution in [1.29, 1.82) is 0 Å². The van der Waals surface area contributed by atoms with Crippen LogP contribution in [0.5, 0.6) is 0 Å². The van der Waals surface area contributed by atoms with Gasteiger partial charge >= 0.3 is 0 Å². The first-order chi connectivity index (χ1) is 9.02. The van der Waals surface area contributed by atoms with E-state index in [9.17, 15) is 4.79 Å². The van der Waals surface area contributed by atoms with E-state index in [0.717, 1.165) is 18.8 Å². The van der Waals surface area contributed by atoms with Crippen LogP contribution in [0.25, 0.3) is 0 Å². The predicted octanol–water partition coefficient (Wildman–Crippen LogP) is 0.626. The van der Waals surface area contributed by atoms with Gasteiger partial charge in [0.2, 0.25) is 0 Å². The highest BCUT2D eigenvalue weighted by atomic mass is 16.5. The van der Waals surface area contributed by atoms with E-state index in [2.05, 4.69) is 19.2 Å². The smallest absolute Gasteiger partial charge is 0.279 e. The summed E-state index contributed by atoms with van der Waals surface area (Å²) in [5, 5.41) is 2.95. The molecule has 4 nitrogen and oxygen atoms in total. The maximum atomic E-state index is 12.0. The lowest BCUT2D eigenvalue weighted by Crippen LogP contribution is -3.16. The molecule has 1 heterocycles. The topological polar surface area (TPSA) is 42.8 Å². The minimum atomic E-state index is 0.0696. The largest absolute Gasteiger partial charge is 0.364 e. The minimum absolute atomic E-state index is 0.0696. The molecule has 1 amide bonds. The Kier molecular flexibility index (Phi) is 4.56. The molecule has 0 spiro atoms. The van der Waals surface area contributed by atoms with E-state index in [4.69, 9.17) is 4.74 Å². The van der Waals surface area contributed by atoms with Crippen LogP contribution in [0.3, 0.4) is 0 Å². The zero-order chi connectivity index (χ0) is 13.8. The molecule has 104 valence electrons. The number of morpholine rings is 1. The van der Waals surface area contributed by atoms with Crippen molar-refractivity contribution in [3.8, 4) is 0 Å². The third-order valence-electron chi connectivity index (χ3n) is 3.36. The first-order valence-electron chi connectivity index (χ1n) is 6.88. The highest BCUT2D eigenvalue weighted by molar-refractivity contribution is 5.91. The third kappa shape index (κ3) is 4.33. The number of carbonyl (C=O) groups excluding carboxylic acids is 1. The molecule has 1 aromatic rings. The molecule has 0 saturated carbocycles. The second-order valence-electron chi connectivity index (χ2n) is 5.51. The summed E-state index contributed by atoms with van der Waals surface area (Å²) in [5.74, 6) is 0.0696. The fraction of sp³-hybridized carbons (Fsp3) is 0.533. The van der Waals surface area contributed by atoms with Gasteiger partial charge in [0.25, 0.3) is 5.91 Å². The molecule has 1 aliphatic rings. The molecule has 1 fully saturated rings. The highest BCUT2D eigenvalue weighted by Crippen LogP contribution is 2.07. The maximum absolute atomic E-state index is 12.0. The summed E-state index contributed by atoms with van der Waals surface area (Å²) in [5.41, 5.74) is 2.06. The van der Waals surface area contributed by atoms with Crippen molar-refractivity contribution in [2.24, 2.45) is 0 Å². The molecule has 0 aromatic heterocycles. The van der Waals surface area contributed by atoms with E-state index in [1.54, 1.807) is 0 Å². The monoisotopic (exact) mass is 263 g/mol. The Morgan fingerprint density at radius 1 is 1.26 bits per heavy atom. The van der Waals surface area contributed by atoms with Crippen molar-refractivity contribution in [2.45, 2.75) is 33.0 Å². The normalized spacial score (nSPS) is 27.0. The third-order valence-corrected chi connectivity index (χ3v) is 3.36. The minimum Gasteiger partial charge on any atom is -0.364 e. The van der Waals surface area contributed by atoms with E-state index in [-0.39, 0.29) is 18.1 Å². The Bertz CT molecular complexity index is 420. The molecule has 1 aliphatic heterocycles. The number of nitrogens with one attached hydrogen (secondary N) is 2. The fourth-order valence-corrected chi connectivity index (χ4v) is 2.60. The van der Waals surface area contributed by atoms with Gasteiger partial charge in [0.15, 0.2) is 6.54 Å². The zero-order valence-corrected chi connectivity index (χ0v) is 11.9.